The number of hydrogen-bond acceptors (Lipinski definition) is 4. The third-order valence-corrected chi connectivity index (χ3v) is 5.47. The Balaban J connectivity index is 1.61. The van der Waals surface area contributed by atoms with Crippen LogP contribution < -0.4 is 14.4 Å². The molecule has 1 saturated carbocycles. The van der Waals surface area contributed by atoms with Crippen molar-refractivity contribution in [2.75, 3.05) is 11.4 Å². The summed E-state index contributed by atoms with van der Waals surface area (Å²) in [5.74, 6) is 1.30. The van der Waals surface area contributed by atoms with Crippen LogP contribution in [0.3, 0.4) is 0 Å². The number of fused-ring (bicyclic) bond motifs is 1. The number of carbonyl (C=O) groups is 1. The lowest BCUT2D eigenvalue weighted by atomic mass is 9.96. The molecule has 5 nitrogen and oxygen atoms in total. The van der Waals surface area contributed by atoms with E-state index >= 15 is 0 Å². The fourth-order valence-corrected chi connectivity index (χ4v) is 3.88. The SMILES string of the molecule is O=C(O)Oc1cccc2c1CCCN2Cc1cc(Cl)ccc1OC1CCC1. The first-order valence-corrected chi connectivity index (χ1v) is 9.70. The Bertz CT molecular complexity index is 850. The average Bonchev–Trinajstić information content (AvgIpc) is 2.60. The normalized spacial score (nSPS) is 16.4. The van der Waals surface area contributed by atoms with Crippen LogP contribution in [0.25, 0.3) is 0 Å². The lowest BCUT2D eigenvalue weighted by molar-refractivity contribution is 0.119. The molecule has 0 spiro atoms. The second-order valence-electron chi connectivity index (χ2n) is 7.07. The van der Waals surface area contributed by atoms with Crippen LogP contribution >= 0.6 is 11.6 Å². The number of carboxylic acid groups (broad SMARTS) is 1. The van der Waals surface area contributed by atoms with Gasteiger partial charge in [-0.15, -0.1) is 0 Å². The molecule has 2 aliphatic rings. The van der Waals surface area contributed by atoms with E-state index in [1.54, 1.807) is 6.07 Å². The van der Waals surface area contributed by atoms with E-state index in [1.165, 1.54) is 6.42 Å². The van der Waals surface area contributed by atoms with Gasteiger partial charge in [-0.25, -0.2) is 4.79 Å². The molecule has 1 heterocycles. The average molecular weight is 388 g/mol. The van der Waals surface area contributed by atoms with Crippen LogP contribution in [-0.4, -0.2) is 23.9 Å². The zero-order chi connectivity index (χ0) is 18.8. The van der Waals surface area contributed by atoms with Gasteiger partial charge in [0.2, 0.25) is 0 Å². The highest BCUT2D eigenvalue weighted by molar-refractivity contribution is 6.30. The lowest BCUT2D eigenvalue weighted by Gasteiger charge is -2.33. The monoisotopic (exact) mass is 387 g/mol. The summed E-state index contributed by atoms with van der Waals surface area (Å²) in [7, 11) is 0. The molecule has 1 N–H and O–H groups in total. The van der Waals surface area contributed by atoms with Crippen LogP contribution in [0.4, 0.5) is 10.5 Å². The summed E-state index contributed by atoms with van der Waals surface area (Å²) in [4.78, 5) is 13.2. The maximum atomic E-state index is 11.0. The predicted molar refractivity (Wildman–Crippen MR) is 104 cm³/mol. The van der Waals surface area contributed by atoms with Gasteiger partial charge in [0, 0.05) is 34.9 Å². The molecule has 1 fully saturated rings. The van der Waals surface area contributed by atoms with Gasteiger partial charge in [-0.2, -0.15) is 0 Å². The van der Waals surface area contributed by atoms with E-state index in [4.69, 9.17) is 26.2 Å². The quantitative estimate of drug-likeness (QED) is 0.558. The number of rotatable bonds is 5. The molecule has 27 heavy (non-hydrogen) atoms. The minimum absolute atomic E-state index is 0.300. The van der Waals surface area contributed by atoms with Crippen LogP contribution in [0.5, 0.6) is 11.5 Å². The van der Waals surface area contributed by atoms with Gasteiger partial charge >= 0.3 is 6.16 Å². The molecule has 2 aromatic carbocycles. The predicted octanol–water partition coefficient (Wildman–Crippen LogP) is 5.28. The van der Waals surface area contributed by atoms with Gasteiger partial charge in [0.1, 0.15) is 11.5 Å². The van der Waals surface area contributed by atoms with Crippen molar-refractivity contribution in [2.24, 2.45) is 0 Å². The maximum absolute atomic E-state index is 11.0. The molecule has 0 amide bonds. The van der Waals surface area contributed by atoms with Crippen LogP contribution in [-0.2, 0) is 13.0 Å². The van der Waals surface area contributed by atoms with E-state index < -0.39 is 6.16 Å². The molecule has 1 aliphatic carbocycles. The number of hydrogen-bond donors (Lipinski definition) is 1. The van der Waals surface area contributed by atoms with Crippen LogP contribution in [0.2, 0.25) is 5.02 Å². The highest BCUT2D eigenvalue weighted by Gasteiger charge is 2.24. The molecule has 6 heteroatoms. The van der Waals surface area contributed by atoms with E-state index in [2.05, 4.69) is 4.90 Å². The van der Waals surface area contributed by atoms with E-state index in [-0.39, 0.29) is 0 Å². The van der Waals surface area contributed by atoms with Crippen molar-refractivity contribution in [2.45, 2.75) is 44.8 Å². The topological polar surface area (TPSA) is 59.0 Å². The summed E-state index contributed by atoms with van der Waals surface area (Å²) < 4.78 is 11.1. The van der Waals surface area contributed by atoms with Crippen LogP contribution in [0.15, 0.2) is 36.4 Å². The summed E-state index contributed by atoms with van der Waals surface area (Å²) >= 11 is 6.24. The van der Waals surface area contributed by atoms with Gasteiger partial charge in [-0.05, 0) is 62.4 Å². The Kier molecular flexibility index (Phi) is 5.12. The van der Waals surface area contributed by atoms with Crippen LogP contribution in [0, 0.1) is 0 Å². The van der Waals surface area contributed by atoms with Gasteiger partial charge in [0.05, 0.1) is 6.10 Å². The van der Waals surface area contributed by atoms with Gasteiger partial charge in [-0.3, -0.25) is 0 Å². The second-order valence-corrected chi connectivity index (χ2v) is 7.51. The maximum Gasteiger partial charge on any atom is 0.511 e. The van der Waals surface area contributed by atoms with E-state index in [0.29, 0.717) is 23.4 Å². The van der Waals surface area contributed by atoms with Gasteiger partial charge in [-0.1, -0.05) is 17.7 Å². The molecular weight excluding hydrogens is 366 g/mol. The molecule has 4 rings (SSSR count). The van der Waals surface area contributed by atoms with Gasteiger partial charge < -0.3 is 19.5 Å². The Hall–Kier alpha value is -2.40. The molecular formula is C21H22ClNO4. The van der Waals surface area contributed by atoms with E-state index in [0.717, 1.165) is 54.8 Å². The third kappa shape index (κ3) is 3.98. The number of halogens is 1. The van der Waals surface area contributed by atoms with E-state index in [1.807, 2.05) is 30.3 Å². The Morgan fingerprint density at radius 2 is 2.04 bits per heavy atom. The summed E-state index contributed by atoms with van der Waals surface area (Å²) in [5, 5.41) is 9.67. The first-order chi connectivity index (χ1) is 13.1. The van der Waals surface area contributed by atoms with Crippen molar-refractivity contribution >= 4 is 23.4 Å². The number of ether oxygens (including phenoxy) is 2. The van der Waals surface area contributed by atoms with Crippen molar-refractivity contribution in [3.63, 3.8) is 0 Å². The zero-order valence-corrected chi connectivity index (χ0v) is 15.7. The second kappa shape index (κ2) is 7.69. The molecule has 0 unspecified atom stereocenters. The van der Waals surface area contributed by atoms with Gasteiger partial charge in [0.15, 0.2) is 0 Å². The first-order valence-electron chi connectivity index (χ1n) is 9.33. The minimum Gasteiger partial charge on any atom is -0.490 e. The largest absolute Gasteiger partial charge is 0.511 e. The summed E-state index contributed by atoms with van der Waals surface area (Å²) in [5.41, 5.74) is 3.00. The van der Waals surface area contributed by atoms with Crippen molar-refractivity contribution in [3.8, 4) is 11.5 Å². The molecule has 0 saturated heterocycles. The lowest BCUT2D eigenvalue weighted by Crippen LogP contribution is -2.30. The van der Waals surface area contributed by atoms with Crippen LogP contribution in [0.1, 0.15) is 36.8 Å². The Morgan fingerprint density at radius 3 is 2.78 bits per heavy atom. The fraction of sp³-hybridized carbons (Fsp3) is 0.381. The van der Waals surface area contributed by atoms with Crippen molar-refractivity contribution in [1.29, 1.82) is 0 Å². The third-order valence-electron chi connectivity index (χ3n) is 5.23. The first kappa shape index (κ1) is 18.0. The molecule has 0 bridgehead atoms. The molecule has 0 atom stereocenters. The number of anilines is 1. The van der Waals surface area contributed by atoms with Crippen molar-refractivity contribution < 1.29 is 19.4 Å². The Morgan fingerprint density at radius 1 is 1.19 bits per heavy atom. The van der Waals surface area contributed by atoms with Crippen molar-refractivity contribution in [1.82, 2.24) is 0 Å². The fourth-order valence-electron chi connectivity index (χ4n) is 3.68. The molecule has 0 radical (unpaired) electrons. The van der Waals surface area contributed by atoms with Gasteiger partial charge in [0.25, 0.3) is 0 Å². The summed E-state index contributed by atoms with van der Waals surface area (Å²) in [6.07, 6.45) is 4.18. The van der Waals surface area contributed by atoms with Crippen molar-refractivity contribution in [3.05, 3.63) is 52.5 Å². The molecule has 1 aliphatic heterocycles. The molecule has 0 aromatic heterocycles. The van der Waals surface area contributed by atoms with E-state index in [9.17, 15) is 4.79 Å². The zero-order valence-electron chi connectivity index (χ0n) is 15.0. The standard InChI is InChI=1S/C21H22ClNO4/c22-15-9-10-19(26-16-4-1-5-16)14(12-15)13-23-11-3-6-17-18(23)7-2-8-20(17)27-21(24)25/h2,7-10,12,16H,1,3-6,11,13H2,(H,24,25). The molecule has 142 valence electrons. The highest BCUT2D eigenvalue weighted by atomic mass is 35.5. The summed E-state index contributed by atoms with van der Waals surface area (Å²) in [6.45, 7) is 1.55. The Labute approximate surface area is 163 Å². The minimum atomic E-state index is -1.29. The number of benzene rings is 2. The number of nitrogens with zero attached hydrogens (tertiary/aromatic N) is 1. The molecule has 2 aromatic rings. The highest BCUT2D eigenvalue weighted by Crippen LogP contribution is 2.37. The smallest absolute Gasteiger partial charge is 0.490 e. The summed E-state index contributed by atoms with van der Waals surface area (Å²) in [6, 6.07) is 11.3.